The van der Waals surface area contributed by atoms with Crippen LogP contribution in [0.2, 0.25) is 0 Å². The topological polar surface area (TPSA) is 65.2 Å². The van der Waals surface area contributed by atoms with E-state index in [0.717, 1.165) is 6.20 Å². The molecule has 7 heteroatoms. The first kappa shape index (κ1) is 13.3. The molecule has 17 heavy (non-hydrogen) atoms. The number of rotatable bonds is 4. The van der Waals surface area contributed by atoms with Gasteiger partial charge in [0.15, 0.2) is 6.61 Å². The number of aromatic nitrogens is 1. The lowest BCUT2D eigenvalue weighted by Gasteiger charge is -2.10. The van der Waals surface area contributed by atoms with Crippen LogP contribution in [0.25, 0.3) is 0 Å². The van der Waals surface area contributed by atoms with Crippen molar-refractivity contribution < 1.29 is 22.7 Å². The largest absolute Gasteiger partial charge is 0.483 e. The van der Waals surface area contributed by atoms with Crippen molar-refractivity contribution in [2.24, 2.45) is 5.73 Å². The van der Waals surface area contributed by atoms with E-state index in [-0.39, 0.29) is 5.75 Å². The van der Waals surface area contributed by atoms with E-state index in [4.69, 9.17) is 5.73 Å². The molecule has 1 heterocycles. The Bertz CT molecular complexity index is 390. The van der Waals surface area contributed by atoms with Crippen molar-refractivity contribution in [1.29, 1.82) is 0 Å². The molecule has 4 nitrogen and oxygen atoms in total. The highest BCUT2D eigenvalue weighted by Gasteiger charge is 2.28. The number of amides is 1. The van der Waals surface area contributed by atoms with Crippen molar-refractivity contribution in [2.45, 2.75) is 19.0 Å². The number of primary amides is 1. The molecule has 0 aromatic carbocycles. The average molecular weight is 248 g/mol. The predicted molar refractivity (Wildman–Crippen MR) is 53.4 cm³/mol. The smallest absolute Gasteiger partial charge is 0.422 e. The molecule has 1 aromatic rings. The Morgan fingerprint density at radius 2 is 2.18 bits per heavy atom. The first-order valence-electron chi connectivity index (χ1n) is 4.74. The van der Waals surface area contributed by atoms with Gasteiger partial charge in [0.25, 0.3) is 0 Å². The van der Waals surface area contributed by atoms with Crippen molar-refractivity contribution in [3.8, 4) is 5.75 Å². The van der Waals surface area contributed by atoms with Crippen LogP contribution >= 0.6 is 0 Å². The van der Waals surface area contributed by atoms with Gasteiger partial charge in [-0.3, -0.25) is 9.78 Å². The lowest BCUT2D eigenvalue weighted by Crippen LogP contribution is -2.20. The number of alkyl halides is 3. The number of ether oxygens (including phenoxy) is 1. The Morgan fingerprint density at radius 1 is 1.53 bits per heavy atom. The van der Waals surface area contributed by atoms with Gasteiger partial charge >= 0.3 is 6.18 Å². The Labute approximate surface area is 95.6 Å². The molecule has 0 aliphatic carbocycles. The molecule has 1 atom stereocenters. The summed E-state index contributed by atoms with van der Waals surface area (Å²) >= 11 is 0. The summed E-state index contributed by atoms with van der Waals surface area (Å²) in [6, 6.07) is 2.72. The maximum Gasteiger partial charge on any atom is 0.422 e. The van der Waals surface area contributed by atoms with E-state index < -0.39 is 24.6 Å². The molecule has 94 valence electrons. The van der Waals surface area contributed by atoms with Gasteiger partial charge in [0.1, 0.15) is 5.75 Å². The van der Waals surface area contributed by atoms with Crippen molar-refractivity contribution in [3.63, 3.8) is 0 Å². The number of hydrogen-bond acceptors (Lipinski definition) is 3. The molecule has 0 spiro atoms. The molecule has 0 saturated heterocycles. The zero-order valence-corrected chi connectivity index (χ0v) is 8.99. The monoisotopic (exact) mass is 248 g/mol. The van der Waals surface area contributed by atoms with Crippen LogP contribution < -0.4 is 10.5 Å². The number of halogens is 3. The highest BCUT2D eigenvalue weighted by atomic mass is 19.4. The summed E-state index contributed by atoms with van der Waals surface area (Å²) in [6.45, 7) is 0.181. The van der Waals surface area contributed by atoms with Gasteiger partial charge in [-0.2, -0.15) is 13.2 Å². The minimum Gasteiger partial charge on any atom is -0.483 e. The third kappa shape index (κ3) is 4.29. The summed E-state index contributed by atoms with van der Waals surface area (Å²) in [5.41, 5.74) is 5.45. The van der Waals surface area contributed by atoms with E-state index in [0.29, 0.717) is 5.69 Å². The second kappa shape index (κ2) is 5.03. The zero-order valence-electron chi connectivity index (χ0n) is 8.99. The molecule has 0 saturated carbocycles. The van der Waals surface area contributed by atoms with Crippen LogP contribution in [0.5, 0.6) is 5.75 Å². The summed E-state index contributed by atoms with van der Waals surface area (Å²) in [5.74, 6) is -1.16. The van der Waals surface area contributed by atoms with E-state index >= 15 is 0 Å². The van der Waals surface area contributed by atoms with Crippen LogP contribution in [0.1, 0.15) is 18.5 Å². The van der Waals surface area contributed by atoms with Crippen molar-refractivity contribution in [3.05, 3.63) is 24.0 Å². The summed E-state index contributed by atoms with van der Waals surface area (Å²) in [4.78, 5) is 14.7. The molecule has 1 amide bonds. The molecule has 0 aliphatic rings. The van der Waals surface area contributed by atoms with Crippen LogP contribution in [0.15, 0.2) is 18.3 Å². The van der Waals surface area contributed by atoms with E-state index in [1.807, 2.05) is 0 Å². The van der Waals surface area contributed by atoms with Gasteiger partial charge in [0, 0.05) is 0 Å². The standard InChI is InChI=1S/C10H11F3N2O2/c1-6(9(14)16)8-3-2-7(4-15-8)17-5-10(11,12)13/h2-4,6H,5H2,1H3,(H2,14,16). The van der Waals surface area contributed by atoms with Gasteiger partial charge in [-0.15, -0.1) is 0 Å². The molecule has 0 fully saturated rings. The number of nitrogens with two attached hydrogens (primary N) is 1. The quantitative estimate of drug-likeness (QED) is 0.880. The molecular formula is C10H11F3N2O2. The van der Waals surface area contributed by atoms with Crippen LogP contribution in [0.3, 0.4) is 0 Å². The van der Waals surface area contributed by atoms with E-state index in [1.165, 1.54) is 12.1 Å². The first-order chi connectivity index (χ1) is 7.79. The summed E-state index contributed by atoms with van der Waals surface area (Å²) in [5, 5.41) is 0. The van der Waals surface area contributed by atoms with E-state index in [2.05, 4.69) is 9.72 Å². The SMILES string of the molecule is CC(C(N)=O)c1ccc(OCC(F)(F)F)cn1. The third-order valence-corrected chi connectivity index (χ3v) is 2.03. The highest BCUT2D eigenvalue weighted by Crippen LogP contribution is 2.19. The van der Waals surface area contributed by atoms with Crippen LogP contribution in [-0.2, 0) is 4.79 Å². The van der Waals surface area contributed by atoms with Crippen LogP contribution in [0, 0.1) is 0 Å². The molecule has 0 bridgehead atoms. The Kier molecular flexibility index (Phi) is 3.93. The molecule has 0 radical (unpaired) electrons. The van der Waals surface area contributed by atoms with Gasteiger partial charge in [-0.25, -0.2) is 0 Å². The lowest BCUT2D eigenvalue weighted by molar-refractivity contribution is -0.153. The van der Waals surface area contributed by atoms with Gasteiger partial charge < -0.3 is 10.5 Å². The number of pyridine rings is 1. The maximum absolute atomic E-state index is 11.8. The van der Waals surface area contributed by atoms with Crippen molar-refractivity contribution in [1.82, 2.24) is 4.98 Å². The van der Waals surface area contributed by atoms with Crippen molar-refractivity contribution in [2.75, 3.05) is 6.61 Å². The molecule has 1 aromatic heterocycles. The molecular weight excluding hydrogens is 237 g/mol. The van der Waals surface area contributed by atoms with E-state index in [1.54, 1.807) is 6.92 Å². The molecule has 2 N–H and O–H groups in total. The Hall–Kier alpha value is -1.79. The minimum absolute atomic E-state index is 0.0113. The maximum atomic E-state index is 11.8. The van der Waals surface area contributed by atoms with Gasteiger partial charge in [0.2, 0.25) is 5.91 Å². The third-order valence-electron chi connectivity index (χ3n) is 2.03. The molecule has 0 aliphatic heterocycles. The van der Waals surface area contributed by atoms with Crippen molar-refractivity contribution >= 4 is 5.91 Å². The number of carbonyl (C=O) groups is 1. The molecule has 1 rings (SSSR count). The highest BCUT2D eigenvalue weighted by molar-refractivity contribution is 5.80. The number of carbonyl (C=O) groups excluding carboxylic acids is 1. The summed E-state index contributed by atoms with van der Waals surface area (Å²) in [6.07, 6.45) is -3.26. The fourth-order valence-electron chi connectivity index (χ4n) is 1.04. The lowest BCUT2D eigenvalue weighted by atomic mass is 10.1. The average Bonchev–Trinajstić information content (AvgIpc) is 2.25. The minimum atomic E-state index is -4.39. The summed E-state index contributed by atoms with van der Waals surface area (Å²) < 4.78 is 40.0. The second-order valence-electron chi connectivity index (χ2n) is 3.45. The van der Waals surface area contributed by atoms with Gasteiger partial charge in [-0.1, -0.05) is 0 Å². The predicted octanol–water partition coefficient (Wildman–Crippen LogP) is 1.61. The fraction of sp³-hybridized carbons (Fsp3) is 0.400. The van der Waals surface area contributed by atoms with Crippen LogP contribution in [-0.4, -0.2) is 23.7 Å². The summed E-state index contributed by atoms with van der Waals surface area (Å²) in [7, 11) is 0. The Morgan fingerprint density at radius 3 is 2.59 bits per heavy atom. The first-order valence-corrected chi connectivity index (χ1v) is 4.74. The van der Waals surface area contributed by atoms with E-state index in [9.17, 15) is 18.0 Å². The fourth-order valence-corrected chi connectivity index (χ4v) is 1.04. The normalized spacial score (nSPS) is 13.2. The number of hydrogen-bond donors (Lipinski definition) is 1. The zero-order chi connectivity index (χ0) is 13.1. The number of nitrogens with zero attached hydrogens (tertiary/aromatic N) is 1. The van der Waals surface area contributed by atoms with Gasteiger partial charge in [0.05, 0.1) is 17.8 Å². The molecule has 1 unspecified atom stereocenters. The second-order valence-corrected chi connectivity index (χ2v) is 3.45. The van der Waals surface area contributed by atoms with Crippen LogP contribution in [0.4, 0.5) is 13.2 Å². The Balaban J connectivity index is 2.65. The van der Waals surface area contributed by atoms with Gasteiger partial charge in [-0.05, 0) is 19.1 Å².